The van der Waals surface area contributed by atoms with Crippen LogP contribution in [0.1, 0.15) is 24.3 Å². The van der Waals surface area contributed by atoms with E-state index in [1.54, 1.807) is 30.9 Å². The van der Waals surface area contributed by atoms with Crippen LogP contribution in [0.4, 0.5) is 10.5 Å². The van der Waals surface area contributed by atoms with Crippen LogP contribution in [-0.4, -0.2) is 66.1 Å². The summed E-state index contributed by atoms with van der Waals surface area (Å²) in [4.78, 5) is 19.1. The van der Waals surface area contributed by atoms with Gasteiger partial charge >= 0.3 is 6.09 Å². The van der Waals surface area contributed by atoms with Crippen molar-refractivity contribution in [1.82, 2.24) is 14.2 Å². The maximum atomic E-state index is 13.5. The van der Waals surface area contributed by atoms with Crippen molar-refractivity contribution in [3.05, 3.63) is 76.7 Å². The molecule has 0 bridgehead atoms. The van der Waals surface area contributed by atoms with Gasteiger partial charge in [0.25, 0.3) is 0 Å². The standard InChI is InChI=1S/C26H34N4O5S2/c1-19(2)15-30(37(33,34)23-11-7-10-21(27)13-23)16-25(31)24(12-20-8-5-4-6-9-20)29(3)26(32)35-17-22-14-28-18-36-22/h4-11,13-14,18-19,24-25,31H,12,15-17,27H2,1-3H3/t24-,25+/m0/s1. The van der Waals surface area contributed by atoms with E-state index in [9.17, 15) is 18.3 Å². The molecule has 37 heavy (non-hydrogen) atoms. The van der Waals surface area contributed by atoms with Crippen LogP contribution >= 0.6 is 11.3 Å². The molecule has 3 aromatic rings. The van der Waals surface area contributed by atoms with Gasteiger partial charge in [0.15, 0.2) is 0 Å². The molecular formula is C26H34N4O5S2. The number of hydrogen-bond acceptors (Lipinski definition) is 8. The van der Waals surface area contributed by atoms with Gasteiger partial charge in [-0.25, -0.2) is 13.2 Å². The van der Waals surface area contributed by atoms with Gasteiger partial charge < -0.3 is 20.5 Å². The zero-order chi connectivity index (χ0) is 27.0. The first-order valence-electron chi connectivity index (χ1n) is 11.9. The number of nitrogen functional groups attached to an aromatic ring is 1. The molecule has 1 aromatic heterocycles. The molecule has 3 rings (SSSR count). The van der Waals surface area contributed by atoms with Crippen LogP contribution in [0.25, 0.3) is 0 Å². The number of anilines is 1. The van der Waals surface area contributed by atoms with Gasteiger partial charge in [0.2, 0.25) is 10.0 Å². The van der Waals surface area contributed by atoms with Crippen molar-refractivity contribution in [3.8, 4) is 0 Å². The number of rotatable bonds is 12. The van der Waals surface area contributed by atoms with E-state index in [0.717, 1.165) is 10.4 Å². The number of ether oxygens (including phenoxy) is 1. The predicted octanol–water partition coefficient (Wildman–Crippen LogP) is 3.61. The third-order valence-corrected chi connectivity index (χ3v) is 8.37. The second-order valence-corrected chi connectivity index (χ2v) is 12.2. The van der Waals surface area contributed by atoms with E-state index in [1.807, 2.05) is 44.2 Å². The number of likely N-dealkylation sites (N-methyl/N-ethyl adjacent to an activating group) is 1. The lowest BCUT2D eigenvalue weighted by molar-refractivity contribution is 0.0335. The number of carbonyl (C=O) groups excluding carboxylic acids is 1. The number of benzene rings is 2. The summed E-state index contributed by atoms with van der Waals surface area (Å²) in [5, 5.41) is 11.4. The minimum absolute atomic E-state index is 0.00212. The highest BCUT2D eigenvalue weighted by Crippen LogP contribution is 2.22. The van der Waals surface area contributed by atoms with E-state index in [0.29, 0.717) is 12.1 Å². The molecule has 11 heteroatoms. The van der Waals surface area contributed by atoms with Crippen LogP contribution in [0.15, 0.2) is 71.2 Å². The quantitative estimate of drug-likeness (QED) is 0.332. The monoisotopic (exact) mass is 546 g/mol. The smallest absolute Gasteiger partial charge is 0.410 e. The first-order valence-corrected chi connectivity index (χ1v) is 14.2. The van der Waals surface area contributed by atoms with Crippen LogP contribution in [0.3, 0.4) is 0 Å². The van der Waals surface area contributed by atoms with E-state index in [-0.39, 0.29) is 30.5 Å². The summed E-state index contributed by atoms with van der Waals surface area (Å²) in [6.07, 6.45) is 0.111. The fourth-order valence-electron chi connectivity index (χ4n) is 3.90. The van der Waals surface area contributed by atoms with Crippen LogP contribution in [0, 0.1) is 5.92 Å². The van der Waals surface area contributed by atoms with Gasteiger partial charge in [-0.3, -0.25) is 4.98 Å². The molecule has 0 aliphatic carbocycles. The molecule has 0 aliphatic rings. The normalized spacial score (nSPS) is 13.5. The summed E-state index contributed by atoms with van der Waals surface area (Å²) in [6.45, 7) is 3.84. The number of hydrogen-bond donors (Lipinski definition) is 2. The number of aliphatic hydroxyl groups excluding tert-OH is 1. The fourth-order valence-corrected chi connectivity index (χ4v) is 6.09. The lowest BCUT2D eigenvalue weighted by atomic mass is 10.00. The zero-order valence-electron chi connectivity index (χ0n) is 21.2. The molecular weight excluding hydrogens is 512 g/mol. The first-order chi connectivity index (χ1) is 17.6. The van der Waals surface area contributed by atoms with Crippen molar-refractivity contribution in [2.75, 3.05) is 25.9 Å². The highest BCUT2D eigenvalue weighted by molar-refractivity contribution is 7.89. The summed E-state index contributed by atoms with van der Waals surface area (Å²) < 4.78 is 33.7. The predicted molar refractivity (Wildman–Crippen MR) is 144 cm³/mol. The summed E-state index contributed by atoms with van der Waals surface area (Å²) in [5.41, 5.74) is 8.71. The van der Waals surface area contributed by atoms with Crippen LogP contribution < -0.4 is 5.73 Å². The van der Waals surface area contributed by atoms with Crippen molar-refractivity contribution in [3.63, 3.8) is 0 Å². The Hall–Kier alpha value is -2.99. The number of amides is 1. The molecule has 0 saturated carbocycles. The van der Waals surface area contributed by atoms with E-state index in [2.05, 4.69) is 4.98 Å². The summed E-state index contributed by atoms with van der Waals surface area (Å²) >= 11 is 1.37. The van der Waals surface area contributed by atoms with Gasteiger partial charge in [-0.1, -0.05) is 50.2 Å². The zero-order valence-corrected chi connectivity index (χ0v) is 22.9. The second kappa shape index (κ2) is 13.0. The summed E-state index contributed by atoms with van der Waals surface area (Å²) in [7, 11) is -2.41. The average Bonchev–Trinajstić information content (AvgIpc) is 3.39. The third kappa shape index (κ3) is 8.00. The van der Waals surface area contributed by atoms with E-state index < -0.39 is 28.3 Å². The van der Waals surface area contributed by atoms with Crippen molar-refractivity contribution < 1.29 is 23.1 Å². The molecule has 0 radical (unpaired) electrons. The van der Waals surface area contributed by atoms with Gasteiger partial charge in [-0.05, 0) is 36.1 Å². The van der Waals surface area contributed by atoms with Gasteiger partial charge in [-0.2, -0.15) is 4.31 Å². The number of nitrogens with zero attached hydrogens (tertiary/aromatic N) is 3. The highest BCUT2D eigenvalue weighted by atomic mass is 32.2. The van der Waals surface area contributed by atoms with Crippen LogP contribution in [0.2, 0.25) is 0 Å². The Kier molecular flexibility index (Phi) is 10.0. The molecule has 0 unspecified atom stereocenters. The van der Waals surface area contributed by atoms with Gasteiger partial charge in [0.05, 0.1) is 27.4 Å². The molecule has 0 spiro atoms. The minimum Gasteiger partial charge on any atom is -0.444 e. The molecule has 0 saturated heterocycles. The Morgan fingerprint density at radius 2 is 1.86 bits per heavy atom. The molecule has 1 amide bonds. The Morgan fingerprint density at radius 1 is 1.14 bits per heavy atom. The van der Waals surface area contributed by atoms with Crippen molar-refractivity contribution in [1.29, 1.82) is 0 Å². The van der Waals surface area contributed by atoms with Crippen molar-refractivity contribution in [2.24, 2.45) is 5.92 Å². The van der Waals surface area contributed by atoms with Crippen LogP contribution in [0.5, 0.6) is 0 Å². The molecule has 9 nitrogen and oxygen atoms in total. The van der Waals surface area contributed by atoms with E-state index in [4.69, 9.17) is 10.5 Å². The van der Waals surface area contributed by atoms with Crippen LogP contribution in [-0.2, 0) is 27.8 Å². The SMILES string of the molecule is CC(C)CN(C[C@@H](O)[C@H](Cc1ccccc1)N(C)C(=O)OCc1cncs1)S(=O)(=O)c1cccc(N)c1. The Bertz CT molecular complexity index is 1240. The molecule has 3 N–H and O–H groups in total. The van der Waals surface area contributed by atoms with Gasteiger partial charge in [0, 0.05) is 32.0 Å². The molecule has 2 aromatic carbocycles. The number of nitrogens with two attached hydrogens (primary N) is 1. The molecule has 1 heterocycles. The highest BCUT2D eigenvalue weighted by Gasteiger charge is 2.34. The number of aromatic nitrogens is 1. The van der Waals surface area contributed by atoms with Gasteiger partial charge in [0.1, 0.15) is 6.61 Å². The van der Waals surface area contributed by atoms with Crippen molar-refractivity contribution >= 4 is 33.1 Å². The topological polar surface area (TPSA) is 126 Å². The molecule has 200 valence electrons. The lowest BCUT2D eigenvalue weighted by Gasteiger charge is -2.34. The summed E-state index contributed by atoms with van der Waals surface area (Å²) in [6, 6.07) is 14.7. The van der Waals surface area contributed by atoms with E-state index >= 15 is 0 Å². The third-order valence-electron chi connectivity index (χ3n) is 5.79. The average molecular weight is 547 g/mol. The summed E-state index contributed by atoms with van der Waals surface area (Å²) in [5.74, 6) is -0.00212. The maximum absolute atomic E-state index is 13.5. The molecule has 0 aliphatic heterocycles. The number of thiazole rings is 1. The first kappa shape index (κ1) is 28.6. The molecule has 0 fully saturated rings. The maximum Gasteiger partial charge on any atom is 0.410 e. The largest absolute Gasteiger partial charge is 0.444 e. The minimum atomic E-state index is -3.95. The Labute approximate surface area is 222 Å². The number of sulfonamides is 1. The lowest BCUT2D eigenvalue weighted by Crippen LogP contribution is -2.51. The van der Waals surface area contributed by atoms with Crippen molar-refractivity contribution in [2.45, 2.75) is 43.9 Å². The van der Waals surface area contributed by atoms with E-state index in [1.165, 1.54) is 32.7 Å². The number of carbonyl (C=O) groups is 1. The fraction of sp³-hybridized carbons (Fsp3) is 0.385. The number of aliphatic hydroxyl groups is 1. The Balaban J connectivity index is 1.85. The van der Waals surface area contributed by atoms with Gasteiger partial charge in [-0.15, -0.1) is 11.3 Å². The Morgan fingerprint density at radius 3 is 2.49 bits per heavy atom. The molecule has 2 atom stereocenters. The second-order valence-electron chi connectivity index (χ2n) is 9.25.